The number of benzene rings is 2. The Bertz CT molecular complexity index is 745. The zero-order valence-corrected chi connectivity index (χ0v) is 13.8. The van der Waals surface area contributed by atoms with Gasteiger partial charge in [-0.1, -0.05) is 6.07 Å². The van der Waals surface area contributed by atoms with Gasteiger partial charge in [-0.2, -0.15) is 13.2 Å². The molecule has 0 saturated heterocycles. The fraction of sp³-hybridized carbons (Fsp3) is 0.133. The average molecular weight is 407 g/mol. The summed E-state index contributed by atoms with van der Waals surface area (Å²) in [6.07, 6.45) is -4.54. The number of alkyl halides is 3. The van der Waals surface area contributed by atoms with Crippen LogP contribution in [0.25, 0.3) is 0 Å². The third-order valence-electron chi connectivity index (χ3n) is 2.98. The van der Waals surface area contributed by atoms with E-state index in [2.05, 4.69) is 26.6 Å². The zero-order valence-electron chi connectivity index (χ0n) is 12.2. The van der Waals surface area contributed by atoms with Crippen molar-refractivity contribution in [2.24, 2.45) is 0 Å². The third kappa shape index (κ3) is 4.16. The van der Waals surface area contributed by atoms with Crippen LogP contribution >= 0.6 is 15.9 Å². The number of ether oxygens (including phenoxy) is 1. The second-order valence-electron chi connectivity index (χ2n) is 4.59. The molecule has 0 heterocycles. The molecule has 128 valence electrons. The van der Waals surface area contributed by atoms with E-state index in [9.17, 15) is 22.4 Å². The normalized spacial score (nSPS) is 11.1. The van der Waals surface area contributed by atoms with Crippen molar-refractivity contribution in [3.8, 4) is 5.75 Å². The molecule has 4 nitrogen and oxygen atoms in total. The van der Waals surface area contributed by atoms with Crippen LogP contribution in [0.15, 0.2) is 40.9 Å². The number of nitrogens with one attached hydrogen (secondary N) is 2. The SMILES string of the molecule is COc1cc(C(F)(F)F)ccc1NC(=O)Nc1c(F)cccc1Br. The maximum Gasteiger partial charge on any atom is 0.416 e. The average Bonchev–Trinajstić information content (AvgIpc) is 2.50. The molecule has 2 rings (SSSR count). The highest BCUT2D eigenvalue weighted by molar-refractivity contribution is 9.10. The molecule has 2 N–H and O–H groups in total. The highest BCUT2D eigenvalue weighted by Gasteiger charge is 2.31. The number of urea groups is 1. The predicted molar refractivity (Wildman–Crippen MR) is 84.7 cm³/mol. The fourth-order valence-corrected chi connectivity index (χ4v) is 2.30. The fourth-order valence-electron chi connectivity index (χ4n) is 1.86. The van der Waals surface area contributed by atoms with Crippen molar-refractivity contribution in [1.29, 1.82) is 0 Å². The molecule has 0 aliphatic carbocycles. The molecule has 2 aromatic carbocycles. The molecule has 2 amide bonds. The third-order valence-corrected chi connectivity index (χ3v) is 3.64. The van der Waals surface area contributed by atoms with E-state index in [0.717, 1.165) is 24.3 Å². The number of rotatable bonds is 3. The van der Waals surface area contributed by atoms with Gasteiger partial charge in [0.05, 0.1) is 24.0 Å². The summed E-state index contributed by atoms with van der Waals surface area (Å²) >= 11 is 3.09. The Labute approximate surface area is 142 Å². The van der Waals surface area contributed by atoms with Gasteiger partial charge in [-0.05, 0) is 46.3 Å². The lowest BCUT2D eigenvalue weighted by Crippen LogP contribution is -2.21. The van der Waals surface area contributed by atoms with Gasteiger partial charge in [-0.25, -0.2) is 9.18 Å². The van der Waals surface area contributed by atoms with Crippen LogP contribution in [-0.2, 0) is 6.18 Å². The molecule has 0 atom stereocenters. The van der Waals surface area contributed by atoms with Crippen molar-refractivity contribution < 1.29 is 27.1 Å². The van der Waals surface area contributed by atoms with Gasteiger partial charge in [-0.15, -0.1) is 0 Å². The molecule has 0 aliphatic heterocycles. The molecule has 0 spiro atoms. The maximum atomic E-state index is 13.7. The van der Waals surface area contributed by atoms with Crippen LogP contribution in [0.4, 0.5) is 33.7 Å². The summed E-state index contributed by atoms with van der Waals surface area (Å²) in [5.74, 6) is -0.841. The minimum Gasteiger partial charge on any atom is -0.495 e. The van der Waals surface area contributed by atoms with E-state index in [1.165, 1.54) is 19.2 Å². The summed E-state index contributed by atoms with van der Waals surface area (Å²) in [6, 6.07) is 5.90. The minimum absolute atomic E-state index is 0.00969. The van der Waals surface area contributed by atoms with Gasteiger partial charge in [0.2, 0.25) is 0 Å². The van der Waals surface area contributed by atoms with Crippen molar-refractivity contribution in [3.05, 3.63) is 52.3 Å². The van der Waals surface area contributed by atoms with E-state index >= 15 is 0 Å². The number of amides is 2. The molecule has 0 fully saturated rings. The van der Waals surface area contributed by atoms with E-state index in [1.54, 1.807) is 0 Å². The second-order valence-corrected chi connectivity index (χ2v) is 5.44. The highest BCUT2D eigenvalue weighted by Crippen LogP contribution is 2.35. The molecule has 0 bridgehead atoms. The smallest absolute Gasteiger partial charge is 0.416 e. The number of methoxy groups -OCH3 is 1. The number of para-hydroxylation sites is 1. The number of anilines is 2. The largest absolute Gasteiger partial charge is 0.495 e. The van der Waals surface area contributed by atoms with Crippen LogP contribution in [0.3, 0.4) is 0 Å². The molecule has 0 aliphatic rings. The Morgan fingerprint density at radius 3 is 2.46 bits per heavy atom. The number of carbonyl (C=O) groups is 1. The summed E-state index contributed by atoms with van der Waals surface area (Å²) in [5.41, 5.74) is -1.00. The Balaban J connectivity index is 2.20. The van der Waals surface area contributed by atoms with Crippen LogP contribution in [-0.4, -0.2) is 13.1 Å². The molecule has 24 heavy (non-hydrogen) atoms. The van der Waals surface area contributed by atoms with Crippen molar-refractivity contribution in [3.63, 3.8) is 0 Å². The molecule has 2 aromatic rings. The van der Waals surface area contributed by atoms with E-state index in [-0.39, 0.29) is 17.1 Å². The summed E-state index contributed by atoms with van der Waals surface area (Å²) < 4.78 is 56.8. The molecule has 9 heteroatoms. The molecule has 0 saturated carbocycles. The quantitative estimate of drug-likeness (QED) is 0.683. The summed E-state index contributed by atoms with van der Waals surface area (Å²) in [7, 11) is 1.17. The van der Waals surface area contributed by atoms with Crippen LogP contribution in [0.2, 0.25) is 0 Å². The lowest BCUT2D eigenvalue weighted by Gasteiger charge is -2.14. The lowest BCUT2D eigenvalue weighted by atomic mass is 10.2. The van der Waals surface area contributed by atoms with E-state index in [4.69, 9.17) is 4.74 Å². The first-order valence-electron chi connectivity index (χ1n) is 6.49. The van der Waals surface area contributed by atoms with E-state index in [1.807, 2.05) is 0 Å². The first-order valence-corrected chi connectivity index (χ1v) is 7.29. The number of carbonyl (C=O) groups excluding carboxylic acids is 1. The van der Waals surface area contributed by atoms with E-state index < -0.39 is 23.6 Å². The summed E-state index contributed by atoms with van der Waals surface area (Å²) in [5, 5.41) is 4.59. The number of hydrogen-bond donors (Lipinski definition) is 2. The molecule has 0 aromatic heterocycles. The summed E-state index contributed by atoms with van der Waals surface area (Å²) in [6.45, 7) is 0. The molecular weight excluding hydrogens is 396 g/mol. The van der Waals surface area contributed by atoms with Gasteiger partial charge in [0, 0.05) is 4.47 Å². The number of hydrogen-bond acceptors (Lipinski definition) is 2. The van der Waals surface area contributed by atoms with Crippen LogP contribution in [0.5, 0.6) is 5.75 Å². The van der Waals surface area contributed by atoms with Gasteiger partial charge >= 0.3 is 12.2 Å². The van der Waals surface area contributed by atoms with Crippen LogP contribution in [0, 0.1) is 5.82 Å². The highest BCUT2D eigenvalue weighted by atomic mass is 79.9. The molecular formula is C15H11BrF4N2O2. The zero-order chi connectivity index (χ0) is 17.9. The van der Waals surface area contributed by atoms with Crippen molar-refractivity contribution in [1.82, 2.24) is 0 Å². The van der Waals surface area contributed by atoms with Gasteiger partial charge < -0.3 is 15.4 Å². The maximum absolute atomic E-state index is 13.7. The number of halogens is 5. The van der Waals surface area contributed by atoms with Gasteiger partial charge in [0.15, 0.2) is 0 Å². The Hall–Kier alpha value is -2.29. The molecule has 0 unspecified atom stereocenters. The van der Waals surface area contributed by atoms with Gasteiger partial charge in [0.1, 0.15) is 11.6 Å². The van der Waals surface area contributed by atoms with Crippen molar-refractivity contribution >= 4 is 33.3 Å². The Kier molecular flexibility index (Phi) is 5.33. The van der Waals surface area contributed by atoms with Crippen LogP contribution < -0.4 is 15.4 Å². The predicted octanol–water partition coefficient (Wildman–Crippen LogP) is 5.26. The Morgan fingerprint density at radius 2 is 1.88 bits per heavy atom. The lowest BCUT2D eigenvalue weighted by molar-refractivity contribution is -0.137. The molecule has 0 radical (unpaired) electrons. The van der Waals surface area contributed by atoms with Crippen molar-refractivity contribution in [2.75, 3.05) is 17.7 Å². The second kappa shape index (κ2) is 7.08. The monoisotopic (exact) mass is 406 g/mol. The standard InChI is InChI=1S/C15H11BrF4N2O2/c1-24-12-7-8(15(18,19)20)5-6-11(12)21-14(23)22-13-9(16)3-2-4-10(13)17/h2-7H,1H3,(H2,21,22,23). The summed E-state index contributed by atoms with van der Waals surface area (Å²) in [4.78, 5) is 11.9. The first kappa shape index (κ1) is 18.1. The topological polar surface area (TPSA) is 50.4 Å². The Morgan fingerprint density at radius 1 is 1.17 bits per heavy atom. The minimum atomic E-state index is -4.54. The van der Waals surface area contributed by atoms with Gasteiger partial charge in [0.25, 0.3) is 0 Å². The van der Waals surface area contributed by atoms with Crippen LogP contribution in [0.1, 0.15) is 5.56 Å². The van der Waals surface area contributed by atoms with Gasteiger partial charge in [-0.3, -0.25) is 0 Å². The van der Waals surface area contributed by atoms with Crippen molar-refractivity contribution in [2.45, 2.75) is 6.18 Å². The van der Waals surface area contributed by atoms with E-state index in [0.29, 0.717) is 4.47 Å². The first-order chi connectivity index (χ1) is 11.2.